The lowest BCUT2D eigenvalue weighted by atomic mass is 9.91. The summed E-state index contributed by atoms with van der Waals surface area (Å²) in [4.78, 5) is 24.3. The normalized spacial score (nSPS) is 22.4. The molecule has 2 bridgehead atoms. The van der Waals surface area contributed by atoms with Crippen LogP contribution in [-0.2, 0) is 0 Å². The number of carbonyl (C=O) groups excluding carboxylic acids is 1. The first-order valence-electron chi connectivity index (χ1n) is 11.9. The molecule has 3 aliphatic rings. The Bertz CT molecular complexity index is 1520. The van der Waals surface area contributed by atoms with Gasteiger partial charge in [-0.15, -0.1) is 0 Å². The van der Waals surface area contributed by atoms with Crippen LogP contribution in [0.25, 0.3) is 16.9 Å². The van der Waals surface area contributed by atoms with Crippen LogP contribution in [0.5, 0.6) is 5.75 Å². The van der Waals surface area contributed by atoms with Gasteiger partial charge in [0.25, 0.3) is 5.91 Å². The highest BCUT2D eigenvalue weighted by Crippen LogP contribution is 2.52. The molecule has 4 aromatic rings. The molecule has 8 nitrogen and oxygen atoms in total. The number of fused-ring (bicyclic) bond motifs is 9. The van der Waals surface area contributed by atoms with E-state index >= 15 is 0 Å². The minimum Gasteiger partial charge on any atom is -0.434 e. The minimum atomic E-state index is -3.00. The van der Waals surface area contributed by atoms with Crippen LogP contribution in [0.2, 0.25) is 0 Å². The number of benzene rings is 1. The lowest BCUT2D eigenvalue weighted by molar-refractivity contribution is -0.0506. The molecule has 3 atom stereocenters. The molecule has 1 aliphatic carbocycles. The molecule has 36 heavy (non-hydrogen) atoms. The molecule has 1 N–H and O–H groups in total. The van der Waals surface area contributed by atoms with Gasteiger partial charge in [0.1, 0.15) is 5.75 Å². The summed E-state index contributed by atoms with van der Waals surface area (Å²) in [5, 5.41) is 8.24. The number of aromatic nitrogens is 4. The van der Waals surface area contributed by atoms with E-state index < -0.39 is 6.61 Å². The molecule has 3 aromatic heterocycles. The maximum atomic E-state index is 13.3. The second-order valence-corrected chi connectivity index (χ2v) is 9.45. The predicted molar refractivity (Wildman–Crippen MR) is 126 cm³/mol. The van der Waals surface area contributed by atoms with Crippen molar-refractivity contribution in [1.82, 2.24) is 29.8 Å². The summed E-state index contributed by atoms with van der Waals surface area (Å²) in [7, 11) is 1.72. The van der Waals surface area contributed by atoms with Crippen molar-refractivity contribution in [2.45, 2.75) is 37.5 Å². The molecule has 1 amide bonds. The van der Waals surface area contributed by atoms with Crippen LogP contribution in [-0.4, -0.2) is 50.6 Å². The second kappa shape index (κ2) is 7.79. The van der Waals surface area contributed by atoms with Crippen LogP contribution in [0.3, 0.4) is 0 Å². The Labute approximate surface area is 204 Å². The third-order valence-electron chi connectivity index (χ3n) is 7.56. The van der Waals surface area contributed by atoms with E-state index in [0.717, 1.165) is 41.3 Å². The highest BCUT2D eigenvalue weighted by molar-refractivity contribution is 5.98. The molecule has 0 spiro atoms. The second-order valence-electron chi connectivity index (χ2n) is 9.45. The average Bonchev–Trinajstić information content (AvgIpc) is 3.36. The molecule has 1 fully saturated rings. The van der Waals surface area contributed by atoms with Crippen LogP contribution < -0.4 is 10.1 Å². The molecule has 5 heterocycles. The highest BCUT2D eigenvalue weighted by atomic mass is 19.3. The van der Waals surface area contributed by atoms with Gasteiger partial charge in [-0.3, -0.25) is 9.78 Å². The molecular weight excluding hydrogens is 466 g/mol. The Morgan fingerprint density at radius 2 is 2.03 bits per heavy atom. The first-order valence-corrected chi connectivity index (χ1v) is 11.9. The molecule has 1 saturated heterocycles. The number of nitrogens with one attached hydrogen (secondary N) is 1. The third-order valence-corrected chi connectivity index (χ3v) is 7.56. The summed E-state index contributed by atoms with van der Waals surface area (Å²) >= 11 is 0. The van der Waals surface area contributed by atoms with Gasteiger partial charge < -0.3 is 15.0 Å². The molecule has 0 saturated carbocycles. The molecule has 2 aliphatic heterocycles. The maximum absolute atomic E-state index is 13.3. The summed E-state index contributed by atoms with van der Waals surface area (Å²) in [6, 6.07) is 12.5. The van der Waals surface area contributed by atoms with Gasteiger partial charge in [-0.1, -0.05) is 6.07 Å². The SMILES string of the molecule is CN1C(=O)c2cccc(OC(F)F)c2C2CC1c1nc3ccc(-c4ccc(C5CCN5)nc4)nn3c12. The van der Waals surface area contributed by atoms with Gasteiger partial charge in [-0.25, -0.2) is 9.50 Å². The predicted octanol–water partition coefficient (Wildman–Crippen LogP) is 4.09. The largest absolute Gasteiger partial charge is 0.434 e. The summed E-state index contributed by atoms with van der Waals surface area (Å²) in [6.07, 6.45) is 3.42. The summed E-state index contributed by atoms with van der Waals surface area (Å²) in [5.74, 6) is -0.592. The Morgan fingerprint density at radius 1 is 1.17 bits per heavy atom. The number of alkyl halides is 2. The Kier molecular flexibility index (Phi) is 4.62. The van der Waals surface area contributed by atoms with Crippen LogP contribution >= 0.6 is 0 Å². The zero-order chi connectivity index (χ0) is 24.6. The fourth-order valence-corrected chi connectivity index (χ4v) is 5.66. The Balaban J connectivity index is 1.37. The van der Waals surface area contributed by atoms with Gasteiger partial charge in [0.15, 0.2) is 5.65 Å². The summed E-state index contributed by atoms with van der Waals surface area (Å²) in [5.41, 5.74) is 5.61. The van der Waals surface area contributed by atoms with Crippen molar-refractivity contribution in [1.29, 1.82) is 0 Å². The maximum Gasteiger partial charge on any atom is 0.387 e. The molecule has 7 rings (SSSR count). The quantitative estimate of drug-likeness (QED) is 0.466. The standard InChI is InChI=1S/C26H22F2N6O2/c1-33-19-11-15(22-14(25(33)35)3-2-4-20(22)36-26(27)28)24-23(19)31-21-8-7-16(32-34(21)24)13-5-6-17(30-12-13)18-9-10-29-18/h2-8,12,15,18-19,26,29H,9-11H2,1H3. The van der Waals surface area contributed by atoms with E-state index in [1.807, 2.05) is 30.5 Å². The van der Waals surface area contributed by atoms with E-state index in [1.54, 1.807) is 28.6 Å². The lowest BCUT2D eigenvalue weighted by Crippen LogP contribution is -2.35. The van der Waals surface area contributed by atoms with Crippen LogP contribution in [0.1, 0.15) is 63.8 Å². The number of hydrogen-bond acceptors (Lipinski definition) is 6. The summed E-state index contributed by atoms with van der Waals surface area (Å²) in [6.45, 7) is -1.99. The van der Waals surface area contributed by atoms with Gasteiger partial charge in [-0.05, 0) is 55.8 Å². The van der Waals surface area contributed by atoms with Gasteiger partial charge in [0, 0.05) is 35.9 Å². The van der Waals surface area contributed by atoms with Crippen molar-refractivity contribution in [2.75, 3.05) is 13.6 Å². The third kappa shape index (κ3) is 3.07. The van der Waals surface area contributed by atoms with E-state index in [4.69, 9.17) is 14.8 Å². The Hall–Kier alpha value is -3.92. The Morgan fingerprint density at radius 3 is 2.75 bits per heavy atom. The topological polar surface area (TPSA) is 84.7 Å². The van der Waals surface area contributed by atoms with Crippen LogP contribution in [0.15, 0.2) is 48.7 Å². The lowest BCUT2D eigenvalue weighted by Gasteiger charge is -2.26. The average molecular weight is 488 g/mol. The number of hydrogen-bond donors (Lipinski definition) is 1. The van der Waals surface area contributed by atoms with E-state index in [9.17, 15) is 13.6 Å². The van der Waals surface area contributed by atoms with Crippen molar-refractivity contribution in [3.63, 3.8) is 0 Å². The van der Waals surface area contributed by atoms with E-state index in [0.29, 0.717) is 29.2 Å². The molecule has 182 valence electrons. The first kappa shape index (κ1) is 21.4. The van der Waals surface area contributed by atoms with Gasteiger partial charge in [0.05, 0.1) is 34.9 Å². The molecule has 10 heteroatoms. The van der Waals surface area contributed by atoms with E-state index in [-0.39, 0.29) is 23.6 Å². The fourth-order valence-electron chi connectivity index (χ4n) is 5.66. The number of halogens is 2. The first-order chi connectivity index (χ1) is 17.5. The van der Waals surface area contributed by atoms with Crippen molar-refractivity contribution >= 4 is 11.6 Å². The monoisotopic (exact) mass is 488 g/mol. The summed E-state index contributed by atoms with van der Waals surface area (Å²) < 4.78 is 33.2. The molecule has 3 unspecified atom stereocenters. The fraction of sp³-hybridized carbons (Fsp3) is 0.308. The number of imidazole rings is 1. The number of ether oxygens (including phenoxy) is 1. The number of rotatable bonds is 4. The van der Waals surface area contributed by atoms with Gasteiger partial charge in [0.2, 0.25) is 0 Å². The van der Waals surface area contributed by atoms with Crippen LogP contribution in [0, 0.1) is 0 Å². The molecule has 0 radical (unpaired) electrons. The van der Waals surface area contributed by atoms with Gasteiger partial charge in [-0.2, -0.15) is 13.9 Å². The van der Waals surface area contributed by atoms with E-state index in [1.165, 1.54) is 6.07 Å². The number of carbonyl (C=O) groups is 1. The zero-order valence-electron chi connectivity index (χ0n) is 19.4. The number of amides is 1. The number of nitrogens with zero attached hydrogens (tertiary/aromatic N) is 5. The van der Waals surface area contributed by atoms with Crippen LogP contribution in [0.4, 0.5) is 8.78 Å². The van der Waals surface area contributed by atoms with Crippen molar-refractivity contribution in [3.8, 4) is 17.0 Å². The minimum absolute atomic E-state index is 0.0123. The van der Waals surface area contributed by atoms with E-state index in [2.05, 4.69) is 10.3 Å². The van der Waals surface area contributed by atoms with Crippen molar-refractivity contribution in [3.05, 3.63) is 76.9 Å². The highest BCUT2D eigenvalue weighted by Gasteiger charge is 2.46. The number of pyridine rings is 1. The smallest absolute Gasteiger partial charge is 0.387 e. The van der Waals surface area contributed by atoms with Crippen molar-refractivity contribution < 1.29 is 18.3 Å². The molecular formula is C26H22F2N6O2. The van der Waals surface area contributed by atoms with Gasteiger partial charge >= 0.3 is 6.61 Å². The molecule has 1 aromatic carbocycles. The zero-order valence-corrected chi connectivity index (χ0v) is 19.4. The van der Waals surface area contributed by atoms with Crippen molar-refractivity contribution in [2.24, 2.45) is 0 Å².